The van der Waals surface area contributed by atoms with Gasteiger partial charge in [-0.25, -0.2) is 9.78 Å². The molecule has 1 saturated heterocycles. The second-order valence-electron chi connectivity index (χ2n) is 11.5. The van der Waals surface area contributed by atoms with Crippen LogP contribution in [0.2, 0.25) is 0 Å². The third-order valence-corrected chi connectivity index (χ3v) is 8.53. The maximum Gasteiger partial charge on any atom is 0.453 e. The zero-order valence-corrected chi connectivity index (χ0v) is 23.4. The van der Waals surface area contributed by atoms with Crippen LogP contribution in [0.15, 0.2) is 58.6 Å². The number of hydrogen-bond acceptors (Lipinski definition) is 5. The van der Waals surface area contributed by atoms with E-state index in [-0.39, 0.29) is 16.3 Å². The van der Waals surface area contributed by atoms with E-state index in [0.717, 1.165) is 18.2 Å². The molecule has 0 bridgehead atoms. The first-order valence-corrected chi connectivity index (χ1v) is 13.9. The molecule has 6 rings (SSSR count). The van der Waals surface area contributed by atoms with E-state index in [9.17, 15) is 49.4 Å². The average Bonchev–Trinajstić information content (AvgIpc) is 3.39. The molecule has 3 heterocycles. The molecule has 0 atom stereocenters. The molecule has 46 heavy (non-hydrogen) atoms. The zero-order chi connectivity index (χ0) is 33.2. The Morgan fingerprint density at radius 3 is 2.13 bits per heavy atom. The van der Waals surface area contributed by atoms with Crippen LogP contribution < -0.4 is 4.90 Å². The van der Waals surface area contributed by atoms with E-state index in [1.54, 1.807) is 6.07 Å². The fraction of sp³-hybridized carbons (Fsp3) is 0.323. The van der Waals surface area contributed by atoms with Crippen molar-refractivity contribution in [2.24, 2.45) is 5.41 Å². The Balaban J connectivity index is 1.23. The molecular formula is C31H22F9N3O3. The Hall–Kier alpha value is -4.56. The number of nitrogens with zero attached hydrogens (tertiary/aromatic N) is 3. The molecule has 1 aliphatic heterocycles. The first kappa shape index (κ1) is 31.4. The van der Waals surface area contributed by atoms with Crippen LogP contribution in [0.3, 0.4) is 0 Å². The molecule has 2 aromatic carbocycles. The molecule has 6 nitrogen and oxygen atoms in total. The summed E-state index contributed by atoms with van der Waals surface area (Å²) >= 11 is 0. The summed E-state index contributed by atoms with van der Waals surface area (Å²) < 4.78 is 128. The molecule has 2 aliphatic rings. The number of carboxylic acids is 1. The van der Waals surface area contributed by atoms with Gasteiger partial charge in [-0.1, -0.05) is 28.9 Å². The lowest BCUT2D eigenvalue weighted by Crippen LogP contribution is -2.44. The number of piperidine rings is 1. The number of benzene rings is 2. The number of carboxylic acid groups (broad SMARTS) is 1. The van der Waals surface area contributed by atoms with Crippen LogP contribution in [-0.2, 0) is 18.5 Å². The molecule has 15 heteroatoms. The van der Waals surface area contributed by atoms with Crippen molar-refractivity contribution in [3.05, 3.63) is 82.2 Å². The van der Waals surface area contributed by atoms with Gasteiger partial charge >= 0.3 is 24.5 Å². The number of alkyl halides is 9. The van der Waals surface area contributed by atoms with Crippen LogP contribution >= 0.6 is 0 Å². The fourth-order valence-electron chi connectivity index (χ4n) is 6.33. The summed E-state index contributed by atoms with van der Waals surface area (Å²) in [7, 11) is 0. The first-order valence-electron chi connectivity index (χ1n) is 13.9. The van der Waals surface area contributed by atoms with Crippen molar-refractivity contribution in [2.75, 3.05) is 18.0 Å². The topological polar surface area (TPSA) is 79.5 Å². The van der Waals surface area contributed by atoms with Gasteiger partial charge < -0.3 is 14.5 Å². The molecule has 2 aromatic heterocycles. The van der Waals surface area contributed by atoms with Crippen LogP contribution in [0.1, 0.15) is 58.6 Å². The number of halogens is 9. The number of hydrogen-bond donors (Lipinski definition) is 1. The molecule has 1 aliphatic carbocycles. The SMILES string of the molecule is O=C(O)c1cc(C(F)(F)F)c2cc(N3CCC4(CC3)CC(=Cc3c(-c5ccccc5C(F)(F)F)noc3C(F)(F)F)C4)ccc2n1. The van der Waals surface area contributed by atoms with Gasteiger partial charge in [0.1, 0.15) is 11.4 Å². The highest BCUT2D eigenvalue weighted by atomic mass is 19.4. The predicted molar refractivity (Wildman–Crippen MR) is 147 cm³/mol. The van der Waals surface area contributed by atoms with E-state index in [0.29, 0.717) is 56.1 Å². The summed E-state index contributed by atoms with van der Waals surface area (Å²) in [5, 5.41) is 12.3. The quantitative estimate of drug-likeness (QED) is 0.221. The van der Waals surface area contributed by atoms with Crippen LogP contribution in [-0.4, -0.2) is 34.3 Å². The smallest absolute Gasteiger partial charge is 0.453 e. The summed E-state index contributed by atoms with van der Waals surface area (Å²) in [6, 6.07) is 8.86. The van der Waals surface area contributed by atoms with Gasteiger partial charge in [0.05, 0.1) is 22.2 Å². The summed E-state index contributed by atoms with van der Waals surface area (Å²) in [5.74, 6) is -3.09. The highest BCUT2D eigenvalue weighted by molar-refractivity contribution is 5.93. The number of fused-ring (bicyclic) bond motifs is 1. The van der Waals surface area contributed by atoms with Gasteiger partial charge in [-0.15, -0.1) is 0 Å². The maximum absolute atomic E-state index is 13.8. The van der Waals surface area contributed by atoms with E-state index >= 15 is 0 Å². The van der Waals surface area contributed by atoms with E-state index in [1.165, 1.54) is 24.3 Å². The van der Waals surface area contributed by atoms with Gasteiger partial charge in [0.2, 0.25) is 5.76 Å². The highest BCUT2D eigenvalue weighted by Crippen LogP contribution is 2.54. The van der Waals surface area contributed by atoms with Crippen molar-refractivity contribution in [3.63, 3.8) is 0 Å². The number of allylic oxidation sites excluding steroid dienone is 1. The van der Waals surface area contributed by atoms with E-state index < -0.39 is 63.9 Å². The number of pyridine rings is 1. The standard InChI is InChI=1S/C31H22F9N3O3/c32-29(33,34)21-4-2-1-3-18(21)25-20(26(46-42-25)31(38,39)40)11-16-14-28(15-16)7-9-43(10-8-28)17-5-6-23-19(12-17)22(30(35,36)37)13-24(41-23)27(44)45/h1-6,11-13H,7-10,14-15H2,(H,44,45). The Bertz CT molecular complexity index is 1860. The number of aromatic nitrogens is 2. The van der Waals surface area contributed by atoms with Crippen LogP contribution in [0, 0.1) is 5.41 Å². The lowest BCUT2D eigenvalue weighted by atomic mass is 9.60. The molecular weight excluding hydrogens is 633 g/mol. The van der Waals surface area contributed by atoms with E-state index in [1.807, 2.05) is 4.90 Å². The van der Waals surface area contributed by atoms with Gasteiger partial charge in [-0.05, 0) is 67.5 Å². The Morgan fingerprint density at radius 1 is 0.870 bits per heavy atom. The Morgan fingerprint density at radius 2 is 1.52 bits per heavy atom. The second-order valence-corrected chi connectivity index (χ2v) is 11.5. The number of rotatable bonds is 4. The largest absolute Gasteiger partial charge is 0.477 e. The summed E-state index contributed by atoms with van der Waals surface area (Å²) in [4.78, 5) is 17.0. The monoisotopic (exact) mass is 655 g/mol. The van der Waals surface area contributed by atoms with Gasteiger partial charge in [-0.2, -0.15) is 39.5 Å². The minimum absolute atomic E-state index is 0.123. The highest BCUT2D eigenvalue weighted by Gasteiger charge is 2.45. The molecule has 242 valence electrons. The van der Waals surface area contributed by atoms with Gasteiger partial charge in [0.15, 0.2) is 0 Å². The second kappa shape index (κ2) is 10.8. The molecule has 0 unspecified atom stereocenters. The summed E-state index contributed by atoms with van der Waals surface area (Å²) in [6.45, 7) is 0.845. The summed E-state index contributed by atoms with van der Waals surface area (Å²) in [6.07, 6.45) is -11.6. The van der Waals surface area contributed by atoms with Crippen LogP contribution in [0.25, 0.3) is 28.2 Å². The lowest BCUT2D eigenvalue weighted by Gasteiger charge is -2.50. The zero-order valence-electron chi connectivity index (χ0n) is 23.4. The van der Waals surface area contributed by atoms with Crippen molar-refractivity contribution in [1.29, 1.82) is 0 Å². The molecule has 0 amide bonds. The number of aromatic carboxylic acids is 1. The van der Waals surface area contributed by atoms with Crippen molar-refractivity contribution in [2.45, 2.75) is 44.2 Å². The third kappa shape index (κ3) is 5.78. The van der Waals surface area contributed by atoms with E-state index in [4.69, 9.17) is 0 Å². The minimum atomic E-state index is -5.01. The Labute approximate surface area is 254 Å². The third-order valence-electron chi connectivity index (χ3n) is 8.53. The molecule has 1 spiro atoms. The van der Waals surface area contributed by atoms with Crippen molar-refractivity contribution >= 4 is 28.6 Å². The maximum atomic E-state index is 13.8. The minimum Gasteiger partial charge on any atom is -0.477 e. The van der Waals surface area contributed by atoms with Crippen LogP contribution in [0.5, 0.6) is 0 Å². The van der Waals surface area contributed by atoms with Gasteiger partial charge in [0.25, 0.3) is 0 Å². The normalized spacial score (nSPS) is 17.0. The van der Waals surface area contributed by atoms with Crippen molar-refractivity contribution < 1.29 is 53.9 Å². The molecule has 1 saturated carbocycles. The molecule has 4 aromatic rings. The molecule has 0 radical (unpaired) electrons. The van der Waals surface area contributed by atoms with Gasteiger partial charge in [-0.3, -0.25) is 0 Å². The number of anilines is 1. The van der Waals surface area contributed by atoms with Crippen molar-refractivity contribution in [1.82, 2.24) is 10.1 Å². The fourth-order valence-corrected chi connectivity index (χ4v) is 6.33. The average molecular weight is 656 g/mol. The number of carbonyl (C=O) groups is 1. The van der Waals surface area contributed by atoms with Gasteiger partial charge in [0, 0.05) is 29.7 Å². The van der Waals surface area contributed by atoms with E-state index in [2.05, 4.69) is 14.7 Å². The lowest BCUT2D eigenvalue weighted by molar-refractivity contribution is -0.155. The molecule has 1 N–H and O–H groups in total. The molecule has 2 fully saturated rings. The predicted octanol–water partition coefficient (Wildman–Crippen LogP) is 9.11. The Kier molecular flexibility index (Phi) is 7.35. The van der Waals surface area contributed by atoms with Crippen LogP contribution in [0.4, 0.5) is 45.2 Å². The summed E-state index contributed by atoms with van der Waals surface area (Å²) in [5.41, 5.74) is -4.06. The van der Waals surface area contributed by atoms with Crippen molar-refractivity contribution in [3.8, 4) is 11.3 Å². The first-order chi connectivity index (χ1) is 21.5.